The molecule has 0 aliphatic heterocycles. The van der Waals surface area contributed by atoms with Crippen LogP contribution >= 0.6 is 23.4 Å². The minimum Gasteiger partial charge on any atom is -0.243 e. The highest BCUT2D eigenvalue weighted by Gasteiger charge is 2.02. The second-order valence-corrected chi connectivity index (χ2v) is 4.06. The SMILES string of the molecule is CCSc1cc(CC#N)cnc1Cl. The molecule has 0 amide bonds. The van der Waals surface area contributed by atoms with Gasteiger partial charge < -0.3 is 0 Å². The van der Waals surface area contributed by atoms with Gasteiger partial charge in [0, 0.05) is 11.1 Å². The smallest absolute Gasteiger partial charge is 0.142 e. The monoisotopic (exact) mass is 212 g/mol. The van der Waals surface area contributed by atoms with Crippen molar-refractivity contribution < 1.29 is 0 Å². The maximum Gasteiger partial charge on any atom is 0.142 e. The Morgan fingerprint density at radius 1 is 1.69 bits per heavy atom. The Labute approximate surface area is 86.9 Å². The van der Waals surface area contributed by atoms with Crippen molar-refractivity contribution in [2.45, 2.75) is 18.2 Å². The fraction of sp³-hybridized carbons (Fsp3) is 0.333. The summed E-state index contributed by atoms with van der Waals surface area (Å²) in [4.78, 5) is 4.97. The molecule has 0 N–H and O–H groups in total. The Hall–Kier alpha value is -0.720. The van der Waals surface area contributed by atoms with E-state index < -0.39 is 0 Å². The predicted octanol–water partition coefficient (Wildman–Crippen LogP) is 2.91. The Kier molecular flexibility index (Phi) is 4.07. The van der Waals surface area contributed by atoms with Crippen molar-refractivity contribution in [1.29, 1.82) is 5.26 Å². The lowest BCUT2D eigenvalue weighted by molar-refractivity contribution is 1.14. The van der Waals surface area contributed by atoms with Crippen LogP contribution in [0, 0.1) is 11.3 Å². The van der Waals surface area contributed by atoms with Crippen LogP contribution in [0.1, 0.15) is 12.5 Å². The summed E-state index contributed by atoms with van der Waals surface area (Å²) < 4.78 is 0. The number of nitriles is 1. The van der Waals surface area contributed by atoms with Gasteiger partial charge in [-0.05, 0) is 17.4 Å². The van der Waals surface area contributed by atoms with Crippen molar-refractivity contribution in [3.8, 4) is 6.07 Å². The number of pyridine rings is 1. The number of halogens is 1. The third kappa shape index (κ3) is 2.91. The van der Waals surface area contributed by atoms with Gasteiger partial charge in [0.2, 0.25) is 0 Å². The first-order valence-corrected chi connectivity index (χ1v) is 5.28. The van der Waals surface area contributed by atoms with E-state index in [0.717, 1.165) is 16.2 Å². The molecule has 0 unspecified atom stereocenters. The quantitative estimate of drug-likeness (QED) is 0.571. The van der Waals surface area contributed by atoms with Crippen LogP contribution in [0.2, 0.25) is 5.15 Å². The molecule has 1 aromatic rings. The third-order valence-electron chi connectivity index (χ3n) is 1.45. The van der Waals surface area contributed by atoms with E-state index >= 15 is 0 Å². The maximum absolute atomic E-state index is 8.49. The molecule has 68 valence electrons. The van der Waals surface area contributed by atoms with Crippen LogP contribution in [-0.4, -0.2) is 10.7 Å². The molecular weight excluding hydrogens is 204 g/mol. The van der Waals surface area contributed by atoms with Gasteiger partial charge in [0.25, 0.3) is 0 Å². The number of thioether (sulfide) groups is 1. The van der Waals surface area contributed by atoms with E-state index in [9.17, 15) is 0 Å². The summed E-state index contributed by atoms with van der Waals surface area (Å²) in [6, 6.07) is 4.00. The zero-order valence-electron chi connectivity index (χ0n) is 7.25. The first kappa shape index (κ1) is 10.4. The van der Waals surface area contributed by atoms with E-state index in [1.165, 1.54) is 0 Å². The Balaban J connectivity index is 2.91. The van der Waals surface area contributed by atoms with Crippen molar-refractivity contribution in [2.24, 2.45) is 0 Å². The summed E-state index contributed by atoms with van der Waals surface area (Å²) in [6.45, 7) is 2.05. The van der Waals surface area contributed by atoms with Crippen molar-refractivity contribution >= 4 is 23.4 Å². The minimum absolute atomic E-state index is 0.390. The van der Waals surface area contributed by atoms with Crippen LogP contribution in [-0.2, 0) is 6.42 Å². The second kappa shape index (κ2) is 5.11. The van der Waals surface area contributed by atoms with E-state index in [4.69, 9.17) is 16.9 Å². The highest BCUT2D eigenvalue weighted by atomic mass is 35.5. The summed E-state index contributed by atoms with van der Waals surface area (Å²) in [6.07, 6.45) is 2.03. The van der Waals surface area contributed by atoms with E-state index in [1.807, 2.05) is 6.07 Å². The van der Waals surface area contributed by atoms with Gasteiger partial charge in [-0.2, -0.15) is 5.26 Å². The summed E-state index contributed by atoms with van der Waals surface area (Å²) in [5, 5.41) is 9.01. The molecule has 1 heterocycles. The molecule has 0 bridgehead atoms. The number of hydrogen-bond donors (Lipinski definition) is 0. The fourth-order valence-electron chi connectivity index (χ4n) is 0.913. The summed E-state index contributed by atoms with van der Waals surface area (Å²) in [5.41, 5.74) is 0.919. The van der Waals surface area contributed by atoms with Crippen molar-refractivity contribution in [2.75, 3.05) is 5.75 Å². The van der Waals surface area contributed by atoms with E-state index in [1.54, 1.807) is 18.0 Å². The summed E-state index contributed by atoms with van der Waals surface area (Å²) in [7, 11) is 0. The van der Waals surface area contributed by atoms with Crippen LogP contribution in [0.5, 0.6) is 0 Å². The highest BCUT2D eigenvalue weighted by molar-refractivity contribution is 7.99. The average molecular weight is 213 g/mol. The molecule has 0 saturated carbocycles. The molecule has 0 fully saturated rings. The molecule has 1 aromatic heterocycles. The average Bonchev–Trinajstić information content (AvgIpc) is 2.12. The molecule has 0 aromatic carbocycles. The maximum atomic E-state index is 8.49. The Morgan fingerprint density at radius 2 is 2.46 bits per heavy atom. The van der Waals surface area contributed by atoms with Crippen molar-refractivity contribution in [3.05, 3.63) is 23.0 Å². The van der Waals surface area contributed by atoms with Gasteiger partial charge in [-0.25, -0.2) is 4.98 Å². The Morgan fingerprint density at radius 3 is 3.08 bits per heavy atom. The van der Waals surface area contributed by atoms with Gasteiger partial charge in [-0.3, -0.25) is 0 Å². The summed E-state index contributed by atoms with van der Waals surface area (Å²) >= 11 is 7.50. The molecular formula is C9H9ClN2S. The highest BCUT2D eigenvalue weighted by Crippen LogP contribution is 2.25. The van der Waals surface area contributed by atoms with E-state index in [-0.39, 0.29) is 0 Å². The zero-order valence-corrected chi connectivity index (χ0v) is 8.82. The summed E-state index contributed by atoms with van der Waals surface area (Å²) in [5.74, 6) is 0.956. The molecule has 1 rings (SSSR count). The van der Waals surface area contributed by atoms with E-state index in [0.29, 0.717) is 11.6 Å². The van der Waals surface area contributed by atoms with Crippen molar-refractivity contribution in [1.82, 2.24) is 4.98 Å². The molecule has 2 nitrogen and oxygen atoms in total. The lowest BCUT2D eigenvalue weighted by atomic mass is 10.2. The molecule has 0 aliphatic rings. The number of aromatic nitrogens is 1. The van der Waals surface area contributed by atoms with Crippen LogP contribution in [0.4, 0.5) is 0 Å². The molecule has 0 radical (unpaired) electrons. The molecule has 0 spiro atoms. The second-order valence-electron chi connectivity index (χ2n) is 2.40. The molecule has 13 heavy (non-hydrogen) atoms. The van der Waals surface area contributed by atoms with Gasteiger partial charge in [-0.15, -0.1) is 11.8 Å². The van der Waals surface area contributed by atoms with Crippen LogP contribution in [0.3, 0.4) is 0 Å². The van der Waals surface area contributed by atoms with Crippen LogP contribution in [0.15, 0.2) is 17.2 Å². The first-order valence-electron chi connectivity index (χ1n) is 3.92. The lowest BCUT2D eigenvalue weighted by Gasteiger charge is -2.02. The normalized spacial score (nSPS) is 9.62. The standard InChI is InChI=1S/C9H9ClN2S/c1-2-13-8-5-7(3-4-11)6-12-9(8)10/h5-6H,2-3H2,1H3. The molecule has 4 heteroatoms. The zero-order chi connectivity index (χ0) is 9.68. The van der Waals surface area contributed by atoms with Gasteiger partial charge in [-0.1, -0.05) is 18.5 Å². The van der Waals surface area contributed by atoms with Gasteiger partial charge in [0.15, 0.2) is 0 Å². The minimum atomic E-state index is 0.390. The van der Waals surface area contributed by atoms with E-state index in [2.05, 4.69) is 18.0 Å². The molecule has 0 saturated heterocycles. The van der Waals surface area contributed by atoms with Gasteiger partial charge in [0.05, 0.1) is 12.5 Å². The van der Waals surface area contributed by atoms with Crippen molar-refractivity contribution in [3.63, 3.8) is 0 Å². The topological polar surface area (TPSA) is 36.7 Å². The van der Waals surface area contributed by atoms with Crippen LogP contribution < -0.4 is 0 Å². The predicted molar refractivity (Wildman–Crippen MR) is 55.0 cm³/mol. The largest absolute Gasteiger partial charge is 0.243 e. The first-order chi connectivity index (χ1) is 6.27. The fourth-order valence-corrected chi connectivity index (χ4v) is 1.90. The lowest BCUT2D eigenvalue weighted by Crippen LogP contribution is -1.87. The Bertz CT molecular complexity index is 333. The number of hydrogen-bond acceptors (Lipinski definition) is 3. The third-order valence-corrected chi connectivity index (χ3v) is 2.77. The number of nitrogens with zero attached hydrogens (tertiary/aromatic N) is 2. The van der Waals surface area contributed by atoms with Gasteiger partial charge >= 0.3 is 0 Å². The molecule has 0 atom stereocenters. The van der Waals surface area contributed by atoms with Crippen LogP contribution in [0.25, 0.3) is 0 Å². The van der Waals surface area contributed by atoms with Gasteiger partial charge in [0.1, 0.15) is 5.15 Å². The number of rotatable bonds is 3. The molecule has 0 aliphatic carbocycles.